The van der Waals surface area contributed by atoms with Gasteiger partial charge < -0.3 is 14.6 Å². The standard InChI is InChI=1S/C15H21N3O2S/c1-10-16-12(8-21-10)11-6-13(17(4)7-11)14(19)18(5)9-15(2,3)20/h6-8,20H,9H2,1-5H3. The zero-order valence-corrected chi connectivity index (χ0v) is 13.9. The third kappa shape index (κ3) is 3.71. The molecule has 5 nitrogen and oxygen atoms in total. The van der Waals surface area contributed by atoms with E-state index in [4.69, 9.17) is 0 Å². The zero-order chi connectivity index (χ0) is 15.8. The normalized spacial score (nSPS) is 11.7. The number of rotatable bonds is 4. The number of nitrogens with zero attached hydrogens (tertiary/aromatic N) is 3. The molecule has 2 heterocycles. The molecule has 2 aromatic heterocycles. The Morgan fingerprint density at radius 2 is 2.19 bits per heavy atom. The summed E-state index contributed by atoms with van der Waals surface area (Å²) >= 11 is 1.59. The van der Waals surface area contributed by atoms with Crippen LogP contribution in [0.25, 0.3) is 11.3 Å². The van der Waals surface area contributed by atoms with E-state index in [1.54, 1.807) is 36.8 Å². The highest BCUT2D eigenvalue weighted by Crippen LogP contribution is 2.24. The number of aliphatic hydroxyl groups is 1. The van der Waals surface area contributed by atoms with Crippen LogP contribution in [0, 0.1) is 6.92 Å². The minimum Gasteiger partial charge on any atom is -0.389 e. The lowest BCUT2D eigenvalue weighted by Gasteiger charge is -2.25. The highest BCUT2D eigenvalue weighted by Gasteiger charge is 2.22. The molecule has 0 fully saturated rings. The van der Waals surface area contributed by atoms with Crippen LogP contribution in [0.5, 0.6) is 0 Å². The van der Waals surface area contributed by atoms with Crippen molar-refractivity contribution in [2.45, 2.75) is 26.4 Å². The van der Waals surface area contributed by atoms with E-state index in [0.717, 1.165) is 16.3 Å². The molecule has 0 saturated heterocycles. The van der Waals surface area contributed by atoms with E-state index in [9.17, 15) is 9.90 Å². The summed E-state index contributed by atoms with van der Waals surface area (Å²) in [6, 6.07) is 1.84. The number of carbonyl (C=O) groups excluding carboxylic acids is 1. The Labute approximate surface area is 128 Å². The van der Waals surface area contributed by atoms with E-state index in [1.165, 1.54) is 4.90 Å². The maximum absolute atomic E-state index is 12.5. The van der Waals surface area contributed by atoms with Crippen molar-refractivity contribution in [3.05, 3.63) is 28.3 Å². The molecule has 0 aliphatic rings. The van der Waals surface area contributed by atoms with Gasteiger partial charge in [-0.1, -0.05) is 0 Å². The average molecular weight is 307 g/mol. The second kappa shape index (κ2) is 5.61. The van der Waals surface area contributed by atoms with Crippen LogP contribution in [0.1, 0.15) is 29.3 Å². The summed E-state index contributed by atoms with van der Waals surface area (Å²) < 4.78 is 1.80. The van der Waals surface area contributed by atoms with Crippen molar-refractivity contribution in [2.75, 3.05) is 13.6 Å². The number of likely N-dealkylation sites (N-methyl/N-ethyl adjacent to an activating group) is 1. The topological polar surface area (TPSA) is 58.4 Å². The molecule has 2 rings (SSSR count). The number of hydrogen-bond donors (Lipinski definition) is 1. The lowest BCUT2D eigenvalue weighted by atomic mass is 10.1. The molecule has 0 saturated carbocycles. The van der Waals surface area contributed by atoms with Gasteiger partial charge >= 0.3 is 0 Å². The Hall–Kier alpha value is -1.66. The highest BCUT2D eigenvalue weighted by molar-refractivity contribution is 7.09. The van der Waals surface area contributed by atoms with Gasteiger partial charge in [-0.2, -0.15) is 0 Å². The van der Waals surface area contributed by atoms with Crippen molar-refractivity contribution in [3.63, 3.8) is 0 Å². The second-order valence-corrected chi connectivity index (χ2v) is 7.01. The lowest BCUT2D eigenvalue weighted by molar-refractivity contribution is 0.0363. The van der Waals surface area contributed by atoms with Crippen LogP contribution in [0.4, 0.5) is 0 Å². The minimum atomic E-state index is -0.912. The maximum atomic E-state index is 12.5. The summed E-state index contributed by atoms with van der Waals surface area (Å²) in [6.07, 6.45) is 1.90. The summed E-state index contributed by atoms with van der Waals surface area (Å²) in [4.78, 5) is 18.4. The Morgan fingerprint density at radius 3 is 2.71 bits per heavy atom. The van der Waals surface area contributed by atoms with Crippen LogP contribution < -0.4 is 0 Å². The van der Waals surface area contributed by atoms with Crippen LogP contribution in [0.2, 0.25) is 0 Å². The summed E-state index contributed by atoms with van der Waals surface area (Å²) in [6.45, 7) is 5.61. The predicted molar refractivity (Wildman–Crippen MR) is 84.5 cm³/mol. The summed E-state index contributed by atoms with van der Waals surface area (Å²) in [7, 11) is 3.54. The smallest absolute Gasteiger partial charge is 0.270 e. The molecule has 1 N–H and O–H groups in total. The fraction of sp³-hybridized carbons (Fsp3) is 0.467. The van der Waals surface area contributed by atoms with Crippen molar-refractivity contribution in [3.8, 4) is 11.3 Å². The van der Waals surface area contributed by atoms with Gasteiger partial charge in [-0.15, -0.1) is 11.3 Å². The van der Waals surface area contributed by atoms with Gasteiger partial charge in [0.05, 0.1) is 16.3 Å². The second-order valence-electron chi connectivity index (χ2n) is 5.95. The molecule has 0 unspecified atom stereocenters. The van der Waals surface area contributed by atoms with Gasteiger partial charge in [-0.3, -0.25) is 4.79 Å². The van der Waals surface area contributed by atoms with E-state index in [0.29, 0.717) is 5.69 Å². The van der Waals surface area contributed by atoms with Crippen LogP contribution >= 0.6 is 11.3 Å². The van der Waals surface area contributed by atoms with Gasteiger partial charge in [-0.05, 0) is 26.8 Å². The van der Waals surface area contributed by atoms with Crippen LogP contribution in [0.3, 0.4) is 0 Å². The van der Waals surface area contributed by atoms with Crippen LogP contribution in [0.15, 0.2) is 17.6 Å². The van der Waals surface area contributed by atoms with E-state index in [1.807, 2.05) is 31.6 Å². The largest absolute Gasteiger partial charge is 0.389 e. The molecular formula is C15H21N3O2S. The quantitative estimate of drug-likeness (QED) is 0.943. The Morgan fingerprint density at radius 1 is 1.52 bits per heavy atom. The van der Waals surface area contributed by atoms with Gasteiger partial charge in [0.15, 0.2) is 0 Å². The molecule has 0 radical (unpaired) electrons. The number of thiazole rings is 1. The number of carbonyl (C=O) groups is 1. The summed E-state index contributed by atoms with van der Waals surface area (Å²) in [5, 5.41) is 12.8. The molecule has 6 heteroatoms. The molecule has 0 bridgehead atoms. The predicted octanol–water partition coefficient (Wildman–Crippen LogP) is 2.30. The van der Waals surface area contributed by atoms with Gasteiger partial charge in [0.25, 0.3) is 5.91 Å². The summed E-state index contributed by atoms with van der Waals surface area (Å²) in [5.74, 6) is -0.113. The first-order chi connectivity index (χ1) is 9.67. The third-order valence-electron chi connectivity index (χ3n) is 3.11. The van der Waals surface area contributed by atoms with Gasteiger partial charge in [0.1, 0.15) is 5.69 Å². The monoisotopic (exact) mass is 307 g/mol. The van der Waals surface area contributed by atoms with Crippen molar-refractivity contribution < 1.29 is 9.90 Å². The Kier molecular flexibility index (Phi) is 4.20. The molecule has 21 heavy (non-hydrogen) atoms. The van der Waals surface area contributed by atoms with Crippen molar-refractivity contribution >= 4 is 17.2 Å². The minimum absolute atomic E-state index is 0.113. The fourth-order valence-electron chi connectivity index (χ4n) is 2.26. The number of aryl methyl sites for hydroxylation is 2. The number of hydrogen-bond acceptors (Lipinski definition) is 4. The fourth-order valence-corrected chi connectivity index (χ4v) is 2.88. The molecule has 0 aliphatic heterocycles. The van der Waals surface area contributed by atoms with Crippen LogP contribution in [-0.2, 0) is 7.05 Å². The average Bonchev–Trinajstić information content (AvgIpc) is 2.92. The SMILES string of the molecule is Cc1nc(-c2cc(C(=O)N(C)CC(C)(C)O)n(C)c2)cs1. The number of aromatic nitrogens is 2. The molecule has 1 amide bonds. The van der Waals surface area contributed by atoms with Crippen LogP contribution in [-0.4, -0.2) is 44.7 Å². The highest BCUT2D eigenvalue weighted by atomic mass is 32.1. The molecule has 0 spiro atoms. The van der Waals surface area contributed by atoms with Crippen molar-refractivity contribution in [1.29, 1.82) is 0 Å². The third-order valence-corrected chi connectivity index (χ3v) is 3.88. The van der Waals surface area contributed by atoms with Gasteiger partial charge in [0.2, 0.25) is 0 Å². The lowest BCUT2D eigenvalue weighted by Crippen LogP contribution is -2.40. The van der Waals surface area contributed by atoms with E-state index in [2.05, 4.69) is 4.98 Å². The molecule has 114 valence electrons. The molecule has 0 aliphatic carbocycles. The molecular weight excluding hydrogens is 286 g/mol. The molecule has 0 atom stereocenters. The summed E-state index contributed by atoms with van der Waals surface area (Å²) in [5.41, 5.74) is 1.49. The van der Waals surface area contributed by atoms with Gasteiger partial charge in [-0.25, -0.2) is 4.98 Å². The van der Waals surface area contributed by atoms with E-state index < -0.39 is 5.60 Å². The van der Waals surface area contributed by atoms with Crippen molar-refractivity contribution in [1.82, 2.24) is 14.5 Å². The molecule has 2 aromatic rings. The first kappa shape index (κ1) is 15.7. The molecule has 0 aromatic carbocycles. The first-order valence-electron chi connectivity index (χ1n) is 6.74. The Balaban J connectivity index is 2.25. The maximum Gasteiger partial charge on any atom is 0.270 e. The van der Waals surface area contributed by atoms with E-state index in [-0.39, 0.29) is 12.5 Å². The Bertz CT molecular complexity index is 652. The zero-order valence-electron chi connectivity index (χ0n) is 13.0. The van der Waals surface area contributed by atoms with E-state index >= 15 is 0 Å². The van der Waals surface area contributed by atoms with Gasteiger partial charge in [0, 0.05) is 37.8 Å². The first-order valence-corrected chi connectivity index (χ1v) is 7.62. The van der Waals surface area contributed by atoms with Crippen molar-refractivity contribution in [2.24, 2.45) is 7.05 Å². The number of amides is 1.